The summed E-state index contributed by atoms with van der Waals surface area (Å²) in [7, 11) is 0.0123. The Balaban J connectivity index is 2.00. The van der Waals surface area contributed by atoms with Crippen LogP contribution in [-0.4, -0.2) is 45.3 Å². The van der Waals surface area contributed by atoms with Crippen LogP contribution < -0.4 is 14.8 Å². The Hall–Kier alpha value is -1.47. The Kier molecular flexibility index (Phi) is 4.95. The molecule has 1 fully saturated rings. The summed E-state index contributed by atoms with van der Waals surface area (Å²) in [4.78, 5) is 0. The molecule has 7 heteroatoms. The molecule has 1 aliphatic rings. The van der Waals surface area contributed by atoms with Crippen LogP contribution in [0.4, 0.5) is 0 Å². The van der Waals surface area contributed by atoms with Crippen LogP contribution in [0.1, 0.15) is 18.4 Å². The van der Waals surface area contributed by atoms with Crippen LogP contribution in [0, 0.1) is 0 Å². The predicted molar refractivity (Wildman–Crippen MR) is 79.7 cm³/mol. The molecular weight excluding hydrogens is 294 g/mol. The molecule has 1 aromatic rings. The third-order valence-electron chi connectivity index (χ3n) is 3.70. The van der Waals surface area contributed by atoms with E-state index in [2.05, 4.69) is 5.32 Å². The third-order valence-corrected chi connectivity index (χ3v) is 5.98. The lowest BCUT2D eigenvalue weighted by atomic mass is 10.1. The average Bonchev–Trinajstić information content (AvgIpc) is 2.79. The normalized spacial score (nSPS) is 20.4. The monoisotopic (exact) mass is 315 g/mol. The number of phenolic OH excluding ortho intramolecular Hbond substituents is 1. The van der Waals surface area contributed by atoms with Gasteiger partial charge in [0.2, 0.25) is 5.75 Å². The summed E-state index contributed by atoms with van der Waals surface area (Å²) in [6.07, 6.45) is 1.47. The fourth-order valence-electron chi connectivity index (χ4n) is 2.51. The maximum atomic E-state index is 11.7. The van der Waals surface area contributed by atoms with Gasteiger partial charge >= 0.3 is 0 Å². The van der Waals surface area contributed by atoms with E-state index in [4.69, 9.17) is 9.47 Å². The van der Waals surface area contributed by atoms with Crippen LogP contribution in [0.2, 0.25) is 0 Å². The van der Waals surface area contributed by atoms with Crippen LogP contribution in [0.15, 0.2) is 12.1 Å². The lowest BCUT2D eigenvalue weighted by Crippen LogP contribution is -2.30. The Morgan fingerprint density at radius 3 is 2.38 bits per heavy atom. The van der Waals surface area contributed by atoms with Gasteiger partial charge in [0.05, 0.1) is 25.2 Å². The number of methoxy groups -OCH3 is 2. The van der Waals surface area contributed by atoms with Gasteiger partial charge < -0.3 is 19.9 Å². The van der Waals surface area contributed by atoms with Crippen LogP contribution in [0.25, 0.3) is 0 Å². The number of rotatable bonds is 6. The predicted octanol–water partition coefficient (Wildman–Crippen LogP) is 1.08. The fourth-order valence-corrected chi connectivity index (χ4v) is 4.31. The van der Waals surface area contributed by atoms with E-state index in [1.54, 1.807) is 12.1 Å². The topological polar surface area (TPSA) is 84.9 Å². The minimum absolute atomic E-state index is 0.0397. The second-order valence-corrected chi connectivity index (χ2v) is 7.51. The van der Waals surface area contributed by atoms with Crippen LogP contribution in [0.3, 0.4) is 0 Å². The van der Waals surface area contributed by atoms with Gasteiger partial charge in [0.25, 0.3) is 0 Å². The van der Waals surface area contributed by atoms with Crippen LogP contribution in [-0.2, 0) is 16.4 Å². The highest BCUT2D eigenvalue weighted by atomic mass is 32.2. The molecule has 0 radical (unpaired) electrons. The molecule has 118 valence electrons. The zero-order valence-corrected chi connectivity index (χ0v) is 13.1. The molecule has 0 aromatic heterocycles. The molecule has 0 aliphatic carbocycles. The van der Waals surface area contributed by atoms with Crippen molar-refractivity contribution in [2.45, 2.75) is 24.6 Å². The number of hydrogen-bond donors (Lipinski definition) is 2. The molecule has 6 nitrogen and oxygen atoms in total. The maximum Gasteiger partial charge on any atom is 0.200 e. The van der Waals surface area contributed by atoms with E-state index in [1.165, 1.54) is 14.2 Å². The Bertz CT molecular complexity index is 574. The summed E-state index contributed by atoms with van der Waals surface area (Å²) in [5, 5.41) is 12.7. The summed E-state index contributed by atoms with van der Waals surface area (Å²) in [6.45, 7) is 0.923. The van der Waals surface area contributed by atoms with E-state index in [-0.39, 0.29) is 11.0 Å². The largest absolute Gasteiger partial charge is 0.502 e. The number of benzene rings is 1. The molecule has 1 saturated heterocycles. The number of nitrogens with one attached hydrogen (secondary N) is 1. The van der Waals surface area contributed by atoms with Crippen molar-refractivity contribution >= 4 is 9.84 Å². The highest BCUT2D eigenvalue weighted by Crippen LogP contribution is 2.37. The van der Waals surface area contributed by atoms with Gasteiger partial charge in [-0.05, 0) is 30.5 Å². The molecule has 1 aliphatic heterocycles. The molecule has 0 bridgehead atoms. The van der Waals surface area contributed by atoms with E-state index in [9.17, 15) is 13.5 Å². The molecule has 2 rings (SSSR count). The van der Waals surface area contributed by atoms with Gasteiger partial charge in [0.15, 0.2) is 21.3 Å². The maximum absolute atomic E-state index is 11.7. The minimum Gasteiger partial charge on any atom is -0.502 e. The first-order valence-electron chi connectivity index (χ1n) is 6.84. The lowest BCUT2D eigenvalue weighted by Gasteiger charge is -2.13. The van der Waals surface area contributed by atoms with Gasteiger partial charge in [-0.25, -0.2) is 8.42 Å². The van der Waals surface area contributed by atoms with Gasteiger partial charge in [0, 0.05) is 13.1 Å². The van der Waals surface area contributed by atoms with Crippen molar-refractivity contribution < 1.29 is 23.0 Å². The van der Waals surface area contributed by atoms with Crippen molar-refractivity contribution in [2.24, 2.45) is 0 Å². The van der Waals surface area contributed by atoms with Gasteiger partial charge in [-0.2, -0.15) is 0 Å². The van der Waals surface area contributed by atoms with Crippen molar-refractivity contribution in [3.63, 3.8) is 0 Å². The smallest absolute Gasteiger partial charge is 0.200 e. The van der Waals surface area contributed by atoms with Crippen molar-refractivity contribution in [1.82, 2.24) is 5.32 Å². The standard InChI is InChI=1S/C14H21NO5S/c1-19-12-6-10(7-13(20-2)14(12)16)8-15-9-11-4-3-5-21(11,17)18/h6-7,11,15-16H,3-5,8-9H2,1-2H3. The molecule has 1 unspecified atom stereocenters. The molecular formula is C14H21NO5S. The second-order valence-electron chi connectivity index (χ2n) is 5.11. The van der Waals surface area contributed by atoms with E-state index >= 15 is 0 Å². The summed E-state index contributed by atoms with van der Waals surface area (Å²) >= 11 is 0. The third kappa shape index (κ3) is 3.59. The first-order chi connectivity index (χ1) is 9.97. The van der Waals surface area contributed by atoms with Gasteiger partial charge in [0.1, 0.15) is 0 Å². The molecule has 0 amide bonds. The minimum atomic E-state index is -2.93. The van der Waals surface area contributed by atoms with Crippen molar-refractivity contribution in [2.75, 3.05) is 26.5 Å². The van der Waals surface area contributed by atoms with E-state index in [1.807, 2.05) is 0 Å². The molecule has 0 spiro atoms. The Morgan fingerprint density at radius 2 is 1.90 bits per heavy atom. The highest BCUT2D eigenvalue weighted by Gasteiger charge is 2.30. The van der Waals surface area contributed by atoms with Crippen molar-refractivity contribution in [3.05, 3.63) is 17.7 Å². The number of hydrogen-bond acceptors (Lipinski definition) is 6. The van der Waals surface area contributed by atoms with E-state index < -0.39 is 9.84 Å². The molecule has 1 atom stereocenters. The molecule has 0 saturated carbocycles. The SMILES string of the molecule is COc1cc(CNCC2CCCS2(=O)=O)cc(OC)c1O. The number of sulfone groups is 1. The van der Waals surface area contributed by atoms with Crippen molar-refractivity contribution in [3.8, 4) is 17.2 Å². The van der Waals surface area contributed by atoms with Gasteiger partial charge in [-0.1, -0.05) is 0 Å². The zero-order valence-electron chi connectivity index (χ0n) is 12.3. The number of ether oxygens (including phenoxy) is 2. The van der Waals surface area contributed by atoms with Gasteiger partial charge in [-0.15, -0.1) is 0 Å². The van der Waals surface area contributed by atoms with E-state index in [0.29, 0.717) is 30.3 Å². The molecule has 2 N–H and O–H groups in total. The average molecular weight is 315 g/mol. The highest BCUT2D eigenvalue weighted by molar-refractivity contribution is 7.92. The van der Waals surface area contributed by atoms with Crippen molar-refractivity contribution in [1.29, 1.82) is 0 Å². The van der Waals surface area contributed by atoms with Crippen LogP contribution >= 0.6 is 0 Å². The Morgan fingerprint density at radius 1 is 1.29 bits per heavy atom. The summed E-state index contributed by atoms with van der Waals surface area (Å²) in [5.41, 5.74) is 0.858. The second kappa shape index (κ2) is 6.53. The molecule has 21 heavy (non-hydrogen) atoms. The molecule has 1 aromatic carbocycles. The first-order valence-corrected chi connectivity index (χ1v) is 8.55. The lowest BCUT2D eigenvalue weighted by molar-refractivity contribution is 0.339. The quantitative estimate of drug-likeness (QED) is 0.817. The van der Waals surface area contributed by atoms with E-state index in [0.717, 1.165) is 18.4 Å². The first kappa shape index (κ1) is 15.9. The summed E-state index contributed by atoms with van der Waals surface area (Å²) in [6, 6.07) is 3.40. The Labute approximate surface area is 125 Å². The number of phenols is 1. The van der Waals surface area contributed by atoms with Gasteiger partial charge in [-0.3, -0.25) is 0 Å². The summed E-state index contributed by atoms with van der Waals surface area (Å²) in [5.74, 6) is 0.918. The molecule has 1 heterocycles. The number of aromatic hydroxyl groups is 1. The van der Waals surface area contributed by atoms with Crippen LogP contribution in [0.5, 0.6) is 17.2 Å². The fraction of sp³-hybridized carbons (Fsp3) is 0.571. The summed E-state index contributed by atoms with van der Waals surface area (Å²) < 4.78 is 33.6. The zero-order chi connectivity index (χ0) is 15.5.